The van der Waals surface area contributed by atoms with E-state index in [9.17, 15) is 4.79 Å². The Morgan fingerprint density at radius 3 is 2.44 bits per heavy atom. The minimum atomic E-state index is -0.296. The van der Waals surface area contributed by atoms with Gasteiger partial charge in [0.25, 0.3) is 5.91 Å². The molecule has 0 saturated heterocycles. The predicted octanol–water partition coefficient (Wildman–Crippen LogP) is 6.78. The van der Waals surface area contributed by atoms with Gasteiger partial charge in [0.2, 0.25) is 5.89 Å². The molecule has 1 unspecified atom stereocenters. The van der Waals surface area contributed by atoms with Gasteiger partial charge in [0.1, 0.15) is 11.3 Å². The predicted molar refractivity (Wildman–Crippen MR) is 142 cm³/mol. The first-order valence-corrected chi connectivity index (χ1v) is 11.1. The average Bonchev–Trinajstić information content (AvgIpc) is 3.27. The lowest BCUT2D eigenvalue weighted by atomic mass is 9.98. The average molecular weight is 476 g/mol. The summed E-state index contributed by atoms with van der Waals surface area (Å²) in [4.78, 5) is 17.0. The Kier molecular flexibility index (Phi) is 8.02. The molecule has 4 rings (SSSR count). The largest absolute Gasteiger partial charge is 0.497 e. The number of benzene rings is 3. The van der Waals surface area contributed by atoms with E-state index in [2.05, 4.69) is 41.6 Å². The highest BCUT2D eigenvalue weighted by Gasteiger charge is 2.12. The highest BCUT2D eigenvalue weighted by atomic mass is 32.1. The normalized spacial score (nSPS) is 11.4. The third-order valence-corrected chi connectivity index (χ3v) is 5.77. The van der Waals surface area contributed by atoms with E-state index in [1.165, 1.54) is 5.56 Å². The summed E-state index contributed by atoms with van der Waals surface area (Å²) in [6, 6.07) is 20.5. The van der Waals surface area contributed by atoms with Crippen molar-refractivity contribution in [1.29, 1.82) is 0 Å². The maximum Gasteiger partial charge on any atom is 0.257 e. The molecule has 0 aliphatic heterocycles. The number of carbonyl (C=O) groups excluding carboxylic acids is 1. The monoisotopic (exact) mass is 475 g/mol. The van der Waals surface area contributed by atoms with Crippen LogP contribution >= 0.6 is 12.2 Å². The number of nitrogens with one attached hydrogen (secondary N) is 2. The van der Waals surface area contributed by atoms with Crippen molar-refractivity contribution in [2.24, 2.45) is 0 Å². The van der Waals surface area contributed by atoms with Gasteiger partial charge in [-0.1, -0.05) is 27.3 Å². The van der Waals surface area contributed by atoms with Gasteiger partial charge in [-0.2, -0.15) is 0 Å². The minimum Gasteiger partial charge on any atom is -0.497 e. The molecule has 0 bridgehead atoms. The number of oxazole rings is 1. The summed E-state index contributed by atoms with van der Waals surface area (Å²) in [6.07, 6.45) is 1.08. The number of hydrogen-bond donors (Lipinski definition) is 2. The third kappa shape index (κ3) is 5.61. The smallest absolute Gasteiger partial charge is 0.257 e. The summed E-state index contributed by atoms with van der Waals surface area (Å²) >= 11 is 5.28. The van der Waals surface area contributed by atoms with E-state index >= 15 is 0 Å². The van der Waals surface area contributed by atoms with Crippen LogP contribution in [0.2, 0.25) is 0 Å². The van der Waals surface area contributed by atoms with E-state index in [1.54, 1.807) is 31.4 Å². The number of rotatable bonds is 6. The van der Waals surface area contributed by atoms with Crippen molar-refractivity contribution in [2.75, 3.05) is 12.4 Å². The number of nitrogens with zero attached hydrogens (tertiary/aromatic N) is 1. The van der Waals surface area contributed by atoms with Gasteiger partial charge in [-0.15, -0.1) is 0 Å². The van der Waals surface area contributed by atoms with Crippen molar-refractivity contribution >= 4 is 40.0 Å². The maximum absolute atomic E-state index is 12.4. The molecule has 1 amide bonds. The maximum atomic E-state index is 12.4. The zero-order valence-electron chi connectivity index (χ0n) is 18.7. The highest BCUT2D eigenvalue weighted by molar-refractivity contribution is 7.80. The fourth-order valence-electron chi connectivity index (χ4n) is 3.39. The second kappa shape index (κ2) is 10.9. The van der Waals surface area contributed by atoms with Gasteiger partial charge in [-0.25, -0.2) is 4.98 Å². The Morgan fingerprint density at radius 1 is 1.09 bits per heavy atom. The van der Waals surface area contributed by atoms with Crippen LogP contribution in [0.1, 0.15) is 49.5 Å². The fourth-order valence-corrected chi connectivity index (χ4v) is 3.60. The highest BCUT2D eigenvalue weighted by Crippen LogP contribution is 2.28. The Hall–Kier alpha value is -3.71. The van der Waals surface area contributed by atoms with Crippen molar-refractivity contribution < 1.29 is 13.9 Å². The van der Waals surface area contributed by atoms with Crippen LogP contribution in [0.25, 0.3) is 22.6 Å². The first kappa shape index (κ1) is 24.9. The van der Waals surface area contributed by atoms with Gasteiger partial charge in [-0.05, 0) is 90.8 Å². The van der Waals surface area contributed by atoms with Crippen LogP contribution in [-0.2, 0) is 0 Å². The molecular formula is C27H29N3O3S. The van der Waals surface area contributed by atoms with Crippen LogP contribution in [0.15, 0.2) is 71.1 Å². The summed E-state index contributed by atoms with van der Waals surface area (Å²) in [5.41, 5.74) is 4.97. The first-order valence-electron chi connectivity index (χ1n) is 10.7. The number of thiocarbonyl (C=S) groups is 1. The Labute approximate surface area is 205 Å². The minimum absolute atomic E-state index is 0. The number of anilines is 1. The molecule has 0 radical (unpaired) electrons. The van der Waals surface area contributed by atoms with Gasteiger partial charge in [0.05, 0.1) is 7.11 Å². The molecule has 2 N–H and O–H groups in total. The van der Waals surface area contributed by atoms with Crippen LogP contribution < -0.4 is 15.4 Å². The quantitative estimate of drug-likeness (QED) is 0.299. The van der Waals surface area contributed by atoms with E-state index in [0.29, 0.717) is 23.1 Å². The van der Waals surface area contributed by atoms with E-state index in [4.69, 9.17) is 21.4 Å². The van der Waals surface area contributed by atoms with E-state index < -0.39 is 0 Å². The second-order valence-corrected chi connectivity index (χ2v) is 8.18. The molecule has 176 valence electrons. The van der Waals surface area contributed by atoms with Crippen LogP contribution in [0.3, 0.4) is 0 Å². The van der Waals surface area contributed by atoms with Gasteiger partial charge in [0.15, 0.2) is 10.7 Å². The van der Waals surface area contributed by atoms with Crippen LogP contribution in [-0.4, -0.2) is 23.1 Å². The standard InChI is InChI=1S/C26H25N3O3S.CH4/c1-4-16(2)19-9-14-23-22(15-19)28-25(32-23)18-5-10-20(11-6-18)27-26(33)29-24(30)17-7-12-21(31-3)13-8-17;/h5-16H,4H2,1-3H3,(H2,27,29,30,33);1H4. The van der Waals surface area contributed by atoms with Crippen LogP contribution in [0.4, 0.5) is 5.69 Å². The topological polar surface area (TPSA) is 76.4 Å². The lowest BCUT2D eigenvalue weighted by molar-refractivity contribution is 0.0977. The van der Waals surface area contributed by atoms with Crippen molar-refractivity contribution in [2.45, 2.75) is 33.6 Å². The van der Waals surface area contributed by atoms with E-state index in [1.807, 2.05) is 30.3 Å². The Morgan fingerprint density at radius 2 is 1.79 bits per heavy atom. The number of amides is 1. The van der Waals surface area contributed by atoms with Crippen molar-refractivity contribution in [3.8, 4) is 17.2 Å². The summed E-state index contributed by atoms with van der Waals surface area (Å²) in [5.74, 6) is 1.43. The van der Waals surface area contributed by atoms with Gasteiger partial charge in [0, 0.05) is 16.8 Å². The molecule has 1 heterocycles. The molecule has 1 atom stereocenters. The fraction of sp³-hybridized carbons (Fsp3) is 0.222. The number of hydrogen-bond acceptors (Lipinski definition) is 5. The van der Waals surface area contributed by atoms with Gasteiger partial charge < -0.3 is 14.5 Å². The molecule has 0 aliphatic rings. The molecular weight excluding hydrogens is 446 g/mol. The van der Waals surface area contributed by atoms with Gasteiger partial charge >= 0.3 is 0 Å². The Balaban J connectivity index is 0.00000324. The SMILES string of the molecule is C.CCC(C)c1ccc2oc(-c3ccc(NC(=S)NC(=O)c4ccc(OC)cc4)cc3)nc2c1. The Bertz CT molecular complexity index is 1280. The zero-order valence-corrected chi connectivity index (χ0v) is 19.5. The number of aromatic nitrogens is 1. The molecule has 4 aromatic rings. The van der Waals surface area contributed by atoms with Crippen LogP contribution in [0, 0.1) is 0 Å². The molecule has 3 aromatic carbocycles. The van der Waals surface area contributed by atoms with E-state index in [0.717, 1.165) is 28.8 Å². The summed E-state index contributed by atoms with van der Waals surface area (Å²) in [5, 5.41) is 5.91. The summed E-state index contributed by atoms with van der Waals surface area (Å²) in [7, 11) is 1.58. The molecule has 0 saturated carbocycles. The molecule has 34 heavy (non-hydrogen) atoms. The van der Waals surface area contributed by atoms with Crippen molar-refractivity contribution in [3.05, 3.63) is 77.9 Å². The third-order valence-electron chi connectivity index (χ3n) is 5.56. The molecule has 6 nitrogen and oxygen atoms in total. The zero-order chi connectivity index (χ0) is 23.4. The number of carbonyl (C=O) groups is 1. The lowest BCUT2D eigenvalue weighted by Crippen LogP contribution is -2.34. The number of fused-ring (bicyclic) bond motifs is 1. The summed E-state index contributed by atoms with van der Waals surface area (Å²) in [6.45, 7) is 4.38. The van der Waals surface area contributed by atoms with Crippen LogP contribution in [0.5, 0.6) is 5.75 Å². The lowest BCUT2D eigenvalue weighted by Gasteiger charge is -2.10. The molecule has 1 aromatic heterocycles. The van der Waals surface area contributed by atoms with E-state index in [-0.39, 0.29) is 18.4 Å². The van der Waals surface area contributed by atoms with Crippen molar-refractivity contribution in [1.82, 2.24) is 10.3 Å². The number of ether oxygens (including phenoxy) is 1. The molecule has 7 heteroatoms. The molecule has 0 spiro atoms. The van der Waals surface area contributed by atoms with Crippen molar-refractivity contribution in [3.63, 3.8) is 0 Å². The van der Waals surface area contributed by atoms with Gasteiger partial charge in [-0.3, -0.25) is 10.1 Å². The molecule has 0 aliphatic carbocycles. The first-order chi connectivity index (χ1) is 16.0. The summed E-state index contributed by atoms with van der Waals surface area (Å²) < 4.78 is 11.0. The number of methoxy groups -OCH3 is 1. The second-order valence-electron chi connectivity index (χ2n) is 7.77. The molecule has 0 fully saturated rings.